The van der Waals surface area contributed by atoms with Crippen molar-refractivity contribution in [2.75, 3.05) is 20.2 Å². The second kappa shape index (κ2) is 4.83. The van der Waals surface area contributed by atoms with Gasteiger partial charge in [0.2, 0.25) is 0 Å². The molecular formula is C13H14ClN3O2. The maximum absolute atomic E-state index is 11.8. The van der Waals surface area contributed by atoms with Crippen molar-refractivity contribution >= 4 is 23.1 Å². The Kier molecular flexibility index (Phi) is 3.16. The molecule has 0 aliphatic carbocycles. The summed E-state index contributed by atoms with van der Waals surface area (Å²) in [4.78, 5) is 16.2. The van der Waals surface area contributed by atoms with Gasteiger partial charge in [0.25, 0.3) is 0 Å². The molecule has 0 radical (unpaired) electrons. The molecule has 0 aromatic carbocycles. The van der Waals surface area contributed by atoms with Crippen molar-refractivity contribution in [3.05, 3.63) is 34.9 Å². The normalized spacial score (nSPS) is 15.5. The third-order valence-corrected chi connectivity index (χ3v) is 3.69. The molecule has 0 saturated carbocycles. The lowest BCUT2D eigenvalue weighted by Gasteiger charge is -2.26. The van der Waals surface area contributed by atoms with E-state index in [1.807, 2.05) is 10.5 Å². The van der Waals surface area contributed by atoms with E-state index >= 15 is 0 Å². The van der Waals surface area contributed by atoms with Crippen molar-refractivity contribution < 1.29 is 9.53 Å². The summed E-state index contributed by atoms with van der Waals surface area (Å²) in [5, 5.41) is 3.78. The number of rotatable bonds is 3. The predicted molar refractivity (Wildman–Crippen MR) is 71.6 cm³/mol. The van der Waals surface area contributed by atoms with Gasteiger partial charge in [-0.15, -0.1) is 0 Å². The summed E-state index contributed by atoms with van der Waals surface area (Å²) in [5.74, 6) is 0.928. The lowest BCUT2D eigenvalue weighted by atomic mass is 9.99. The van der Waals surface area contributed by atoms with Crippen LogP contribution in [0, 0.1) is 5.92 Å². The van der Waals surface area contributed by atoms with Gasteiger partial charge < -0.3 is 10.1 Å². The summed E-state index contributed by atoms with van der Waals surface area (Å²) in [5.41, 5.74) is 1.02. The second-order valence-corrected chi connectivity index (χ2v) is 5.05. The topological polar surface area (TPSA) is 55.6 Å². The first kappa shape index (κ1) is 12.4. The molecule has 0 unspecified atom stereocenters. The number of nitrogens with zero attached hydrogens (tertiary/aromatic N) is 2. The van der Waals surface area contributed by atoms with E-state index in [2.05, 4.69) is 10.3 Å². The Hall–Kier alpha value is -1.59. The third-order valence-electron chi connectivity index (χ3n) is 3.40. The minimum Gasteiger partial charge on any atom is -0.464 e. The number of carbonyl (C=O) groups excluding carboxylic acids is 1. The highest BCUT2D eigenvalue weighted by Gasteiger charge is 2.24. The molecule has 1 N–H and O–H groups in total. The van der Waals surface area contributed by atoms with Gasteiger partial charge in [-0.25, -0.2) is 9.78 Å². The number of hydrogen-bond donors (Lipinski definition) is 1. The molecule has 19 heavy (non-hydrogen) atoms. The van der Waals surface area contributed by atoms with Crippen LogP contribution in [0.1, 0.15) is 16.3 Å². The lowest BCUT2D eigenvalue weighted by molar-refractivity contribution is 0.0596. The highest BCUT2D eigenvalue weighted by atomic mass is 35.5. The number of fused-ring (bicyclic) bond motifs is 1. The van der Waals surface area contributed by atoms with Gasteiger partial charge in [0.1, 0.15) is 11.0 Å². The summed E-state index contributed by atoms with van der Waals surface area (Å²) in [7, 11) is 1.35. The summed E-state index contributed by atoms with van der Waals surface area (Å²) in [6, 6.07) is 5.42. The van der Waals surface area contributed by atoms with Crippen LogP contribution in [0.3, 0.4) is 0 Å². The smallest absolute Gasteiger partial charge is 0.358 e. The van der Waals surface area contributed by atoms with Crippen molar-refractivity contribution in [1.29, 1.82) is 0 Å². The van der Waals surface area contributed by atoms with Gasteiger partial charge in [-0.2, -0.15) is 0 Å². The van der Waals surface area contributed by atoms with E-state index in [4.69, 9.17) is 16.3 Å². The van der Waals surface area contributed by atoms with Crippen LogP contribution < -0.4 is 5.32 Å². The lowest BCUT2D eigenvalue weighted by Crippen LogP contribution is -2.43. The van der Waals surface area contributed by atoms with Gasteiger partial charge in [-0.3, -0.25) is 4.40 Å². The monoisotopic (exact) mass is 279 g/mol. The van der Waals surface area contributed by atoms with E-state index in [1.165, 1.54) is 7.11 Å². The number of aromatic nitrogens is 2. The van der Waals surface area contributed by atoms with Crippen molar-refractivity contribution in [3.8, 4) is 0 Å². The van der Waals surface area contributed by atoms with Crippen LogP contribution in [0.15, 0.2) is 18.2 Å². The van der Waals surface area contributed by atoms with E-state index < -0.39 is 5.97 Å². The van der Waals surface area contributed by atoms with Gasteiger partial charge in [0.05, 0.1) is 12.6 Å². The molecule has 3 heterocycles. The molecule has 3 rings (SSSR count). The number of carbonyl (C=O) groups is 1. The van der Waals surface area contributed by atoms with Gasteiger partial charge >= 0.3 is 5.97 Å². The molecule has 6 heteroatoms. The molecular weight excluding hydrogens is 266 g/mol. The fourth-order valence-electron chi connectivity index (χ4n) is 2.30. The second-order valence-electron chi connectivity index (χ2n) is 4.67. The SMILES string of the molecule is COC(=O)c1nc(CC2CNC2)n2c(Cl)cccc12. The van der Waals surface area contributed by atoms with Gasteiger partial charge in [0.15, 0.2) is 5.69 Å². The van der Waals surface area contributed by atoms with E-state index in [9.17, 15) is 4.79 Å². The maximum atomic E-state index is 11.8. The van der Waals surface area contributed by atoms with Gasteiger partial charge in [-0.1, -0.05) is 17.7 Å². The van der Waals surface area contributed by atoms with Crippen LogP contribution in [0.25, 0.3) is 5.52 Å². The van der Waals surface area contributed by atoms with Crippen LogP contribution in [-0.4, -0.2) is 35.6 Å². The van der Waals surface area contributed by atoms with Crippen LogP contribution in [-0.2, 0) is 11.2 Å². The fraction of sp³-hybridized carbons (Fsp3) is 0.385. The highest BCUT2D eigenvalue weighted by Crippen LogP contribution is 2.22. The minimum absolute atomic E-state index is 0.326. The number of imidazole rings is 1. The quantitative estimate of drug-likeness (QED) is 0.684. The van der Waals surface area contributed by atoms with E-state index in [1.54, 1.807) is 12.1 Å². The largest absolute Gasteiger partial charge is 0.464 e. The van der Waals surface area contributed by atoms with Gasteiger partial charge in [0, 0.05) is 6.42 Å². The van der Waals surface area contributed by atoms with Crippen LogP contribution >= 0.6 is 11.6 Å². The molecule has 2 aromatic rings. The van der Waals surface area contributed by atoms with Crippen LogP contribution in [0.5, 0.6) is 0 Å². The number of ether oxygens (including phenoxy) is 1. The molecule has 0 spiro atoms. The Labute approximate surface area is 115 Å². The Bertz CT molecular complexity index is 634. The molecule has 2 aromatic heterocycles. The summed E-state index contributed by atoms with van der Waals surface area (Å²) >= 11 is 6.22. The Morgan fingerprint density at radius 1 is 1.58 bits per heavy atom. The minimum atomic E-state index is -0.433. The Balaban J connectivity index is 2.11. The number of nitrogens with one attached hydrogen (secondary N) is 1. The molecule has 0 amide bonds. The van der Waals surface area contributed by atoms with Crippen molar-refractivity contribution in [1.82, 2.24) is 14.7 Å². The molecule has 1 fully saturated rings. The number of methoxy groups -OCH3 is 1. The Morgan fingerprint density at radius 2 is 2.37 bits per heavy atom. The highest BCUT2D eigenvalue weighted by molar-refractivity contribution is 6.29. The van der Waals surface area contributed by atoms with E-state index in [-0.39, 0.29) is 0 Å². The fourth-order valence-corrected chi connectivity index (χ4v) is 2.56. The first-order valence-electron chi connectivity index (χ1n) is 6.15. The summed E-state index contributed by atoms with van der Waals surface area (Å²) in [6.45, 7) is 1.96. The van der Waals surface area contributed by atoms with Gasteiger partial charge in [-0.05, 0) is 31.1 Å². The van der Waals surface area contributed by atoms with Crippen molar-refractivity contribution in [2.24, 2.45) is 5.92 Å². The molecule has 1 saturated heterocycles. The summed E-state index contributed by atoms with van der Waals surface area (Å²) in [6.07, 6.45) is 0.800. The number of pyridine rings is 1. The molecule has 1 aliphatic rings. The molecule has 5 nitrogen and oxygen atoms in total. The first-order chi connectivity index (χ1) is 9.20. The zero-order valence-corrected chi connectivity index (χ0v) is 11.3. The summed E-state index contributed by atoms with van der Waals surface area (Å²) < 4.78 is 6.60. The van der Waals surface area contributed by atoms with E-state index in [0.717, 1.165) is 25.3 Å². The maximum Gasteiger partial charge on any atom is 0.358 e. The molecule has 0 bridgehead atoms. The predicted octanol–water partition coefficient (Wildman–Crippen LogP) is 1.54. The third kappa shape index (κ3) is 2.09. The van der Waals surface area contributed by atoms with Crippen LogP contribution in [0.2, 0.25) is 5.15 Å². The van der Waals surface area contributed by atoms with Crippen molar-refractivity contribution in [2.45, 2.75) is 6.42 Å². The average Bonchev–Trinajstić information content (AvgIpc) is 2.73. The molecule has 0 atom stereocenters. The number of halogens is 1. The zero-order valence-electron chi connectivity index (χ0n) is 10.5. The molecule has 100 valence electrons. The molecule has 1 aliphatic heterocycles. The first-order valence-corrected chi connectivity index (χ1v) is 6.53. The Morgan fingerprint density at radius 3 is 3.00 bits per heavy atom. The standard InChI is InChI=1S/C13H14ClN3O2/c1-19-13(18)12-9-3-2-4-10(14)17(9)11(16-12)5-8-6-15-7-8/h2-4,8,15H,5-7H2,1H3. The van der Waals surface area contributed by atoms with Crippen LogP contribution in [0.4, 0.5) is 0 Å². The zero-order chi connectivity index (χ0) is 13.4. The average molecular weight is 280 g/mol. The number of esters is 1. The van der Waals surface area contributed by atoms with Crippen molar-refractivity contribution in [3.63, 3.8) is 0 Å². The van der Waals surface area contributed by atoms with E-state index in [0.29, 0.717) is 22.3 Å². The number of hydrogen-bond acceptors (Lipinski definition) is 4.